The van der Waals surface area contributed by atoms with E-state index in [4.69, 9.17) is 4.74 Å². The van der Waals surface area contributed by atoms with E-state index in [0.29, 0.717) is 12.6 Å². The lowest BCUT2D eigenvalue weighted by molar-refractivity contribution is 0.103. The summed E-state index contributed by atoms with van der Waals surface area (Å²) in [4.78, 5) is 6.40. The van der Waals surface area contributed by atoms with Crippen LogP contribution in [0.5, 0.6) is 0 Å². The zero-order valence-electron chi connectivity index (χ0n) is 13.2. The third-order valence-electron chi connectivity index (χ3n) is 3.88. The second kappa shape index (κ2) is 9.36. The minimum atomic E-state index is -0.169. The van der Waals surface area contributed by atoms with Crippen LogP contribution in [0.25, 0.3) is 0 Å². The topological polar surface area (TPSA) is 24.8 Å². The molecule has 0 aliphatic heterocycles. The largest absolute Gasteiger partial charge is 0.370 e. The van der Waals surface area contributed by atoms with Crippen LogP contribution in [0.1, 0.15) is 39.0 Å². The van der Waals surface area contributed by atoms with Crippen molar-refractivity contribution in [3.63, 3.8) is 0 Å². The van der Waals surface area contributed by atoms with E-state index in [-0.39, 0.29) is 11.9 Å². The highest BCUT2D eigenvalue weighted by Gasteiger charge is 2.21. The lowest BCUT2D eigenvalue weighted by Crippen LogP contribution is -2.35. The van der Waals surface area contributed by atoms with Crippen molar-refractivity contribution in [1.82, 2.24) is 4.90 Å². The SMILES string of the molecule is C/C=C/N=CN(/C=C/COC1C=CC(F)=CCC1)C1CCC1. The van der Waals surface area contributed by atoms with Gasteiger partial charge in [0.1, 0.15) is 5.83 Å². The smallest absolute Gasteiger partial charge is 0.119 e. The van der Waals surface area contributed by atoms with E-state index in [1.165, 1.54) is 25.3 Å². The minimum Gasteiger partial charge on any atom is -0.370 e. The summed E-state index contributed by atoms with van der Waals surface area (Å²) in [5.74, 6) is -0.169. The van der Waals surface area contributed by atoms with Crippen LogP contribution in [0, 0.1) is 0 Å². The first-order valence-corrected chi connectivity index (χ1v) is 8.03. The number of nitrogens with zero attached hydrogens (tertiary/aromatic N) is 2. The summed E-state index contributed by atoms with van der Waals surface area (Å²) in [7, 11) is 0. The summed E-state index contributed by atoms with van der Waals surface area (Å²) in [6, 6.07) is 0.557. The molecule has 0 aromatic heterocycles. The Labute approximate surface area is 132 Å². The van der Waals surface area contributed by atoms with E-state index in [0.717, 1.165) is 12.8 Å². The number of rotatable bonds is 7. The summed E-state index contributed by atoms with van der Waals surface area (Å²) in [5.41, 5.74) is 0. The van der Waals surface area contributed by atoms with Gasteiger partial charge in [-0.2, -0.15) is 0 Å². The maximum atomic E-state index is 13.1. The number of aliphatic imine (C=N–C) groups is 1. The van der Waals surface area contributed by atoms with Crippen molar-refractivity contribution >= 4 is 6.34 Å². The van der Waals surface area contributed by atoms with Crippen molar-refractivity contribution in [2.24, 2.45) is 4.99 Å². The first-order valence-electron chi connectivity index (χ1n) is 8.03. The minimum absolute atomic E-state index is 0.0111. The molecule has 2 aliphatic rings. The monoisotopic (exact) mass is 304 g/mol. The predicted molar refractivity (Wildman–Crippen MR) is 89.2 cm³/mol. The van der Waals surface area contributed by atoms with Gasteiger partial charge >= 0.3 is 0 Å². The van der Waals surface area contributed by atoms with Gasteiger partial charge in [0.2, 0.25) is 0 Å². The molecule has 2 aliphatic carbocycles. The summed E-state index contributed by atoms with van der Waals surface area (Å²) < 4.78 is 18.8. The molecule has 2 rings (SSSR count). The van der Waals surface area contributed by atoms with Crippen LogP contribution < -0.4 is 0 Å². The van der Waals surface area contributed by atoms with Crippen LogP contribution in [0.3, 0.4) is 0 Å². The molecule has 0 aromatic carbocycles. The fraction of sp³-hybridized carbons (Fsp3) is 0.500. The predicted octanol–water partition coefficient (Wildman–Crippen LogP) is 4.51. The second-order valence-electron chi connectivity index (χ2n) is 5.56. The van der Waals surface area contributed by atoms with Gasteiger partial charge in [-0.15, -0.1) is 0 Å². The van der Waals surface area contributed by atoms with Crippen LogP contribution >= 0.6 is 0 Å². The Kier molecular flexibility index (Phi) is 7.10. The molecule has 3 nitrogen and oxygen atoms in total. The number of halogens is 1. The Hall–Kier alpha value is -1.68. The van der Waals surface area contributed by atoms with Crippen LogP contribution in [0.15, 0.2) is 53.6 Å². The van der Waals surface area contributed by atoms with Gasteiger partial charge < -0.3 is 9.64 Å². The molecule has 1 saturated carbocycles. The summed E-state index contributed by atoms with van der Waals surface area (Å²) in [6.45, 7) is 2.48. The Morgan fingerprint density at radius 1 is 1.41 bits per heavy atom. The van der Waals surface area contributed by atoms with Crippen molar-refractivity contribution < 1.29 is 9.13 Å². The first kappa shape index (κ1) is 16.7. The summed E-state index contributed by atoms with van der Waals surface area (Å²) in [6.07, 6.45) is 19.7. The van der Waals surface area contributed by atoms with Crippen LogP contribution in [0.4, 0.5) is 4.39 Å². The summed E-state index contributed by atoms with van der Waals surface area (Å²) >= 11 is 0. The Morgan fingerprint density at radius 3 is 3.00 bits per heavy atom. The number of hydrogen-bond acceptors (Lipinski definition) is 2. The first-order chi connectivity index (χ1) is 10.8. The van der Waals surface area contributed by atoms with Crippen molar-refractivity contribution in [2.75, 3.05) is 6.61 Å². The van der Waals surface area contributed by atoms with Gasteiger partial charge in [0.25, 0.3) is 0 Å². The number of ether oxygens (including phenoxy) is 1. The van der Waals surface area contributed by atoms with Crippen LogP contribution in [-0.2, 0) is 4.74 Å². The normalized spacial score (nSPS) is 23.2. The molecule has 22 heavy (non-hydrogen) atoms. The van der Waals surface area contributed by atoms with E-state index in [9.17, 15) is 4.39 Å². The Bertz CT molecular complexity index is 475. The van der Waals surface area contributed by atoms with E-state index in [2.05, 4.69) is 9.89 Å². The van der Waals surface area contributed by atoms with Gasteiger partial charge in [0, 0.05) is 18.4 Å². The standard InChI is InChI=1S/C18H25FN2O/c1-2-12-20-15-21(17-7-4-8-17)13-5-14-22-18-9-3-6-16(19)10-11-18/h2,5-6,10-13,15,17-18H,3-4,7-9,14H2,1H3/b12-2+,13-5+,20-15?. The zero-order valence-corrected chi connectivity index (χ0v) is 13.2. The quantitative estimate of drug-likeness (QED) is 0.511. The molecule has 1 fully saturated rings. The molecule has 0 spiro atoms. The molecule has 0 aromatic rings. The number of allylic oxidation sites excluding steroid dienone is 4. The Morgan fingerprint density at radius 2 is 2.27 bits per heavy atom. The second-order valence-corrected chi connectivity index (χ2v) is 5.56. The van der Waals surface area contributed by atoms with Gasteiger partial charge in [-0.1, -0.05) is 12.2 Å². The van der Waals surface area contributed by atoms with Crippen molar-refractivity contribution in [1.29, 1.82) is 0 Å². The van der Waals surface area contributed by atoms with Crippen LogP contribution in [0.2, 0.25) is 0 Å². The van der Waals surface area contributed by atoms with E-state index in [1.54, 1.807) is 18.4 Å². The third-order valence-corrected chi connectivity index (χ3v) is 3.88. The highest BCUT2D eigenvalue weighted by molar-refractivity contribution is 5.58. The maximum Gasteiger partial charge on any atom is 0.119 e. The molecule has 1 atom stereocenters. The average Bonchev–Trinajstić information content (AvgIpc) is 2.66. The van der Waals surface area contributed by atoms with Crippen molar-refractivity contribution in [2.45, 2.75) is 51.2 Å². The van der Waals surface area contributed by atoms with Gasteiger partial charge in [0.15, 0.2) is 0 Å². The van der Waals surface area contributed by atoms with Gasteiger partial charge in [-0.3, -0.25) is 0 Å². The molecular weight excluding hydrogens is 279 g/mol. The lowest BCUT2D eigenvalue weighted by atomic mass is 9.92. The fourth-order valence-electron chi connectivity index (χ4n) is 2.37. The molecule has 1 unspecified atom stereocenters. The van der Waals surface area contributed by atoms with Gasteiger partial charge in [0.05, 0.1) is 19.0 Å². The van der Waals surface area contributed by atoms with E-state index < -0.39 is 0 Å². The molecule has 0 radical (unpaired) electrons. The molecule has 120 valence electrons. The maximum absolute atomic E-state index is 13.1. The van der Waals surface area contributed by atoms with Crippen LogP contribution in [-0.4, -0.2) is 30.0 Å². The molecule has 0 saturated heterocycles. The molecule has 4 heteroatoms. The highest BCUT2D eigenvalue weighted by Crippen LogP contribution is 2.24. The molecular formula is C18H25FN2O. The highest BCUT2D eigenvalue weighted by atomic mass is 19.1. The fourth-order valence-corrected chi connectivity index (χ4v) is 2.37. The van der Waals surface area contributed by atoms with Gasteiger partial charge in [-0.25, -0.2) is 9.38 Å². The van der Waals surface area contributed by atoms with E-state index >= 15 is 0 Å². The molecule has 0 N–H and O–H groups in total. The molecule has 0 heterocycles. The Balaban J connectivity index is 1.77. The number of hydrogen-bond donors (Lipinski definition) is 0. The van der Waals surface area contributed by atoms with Crippen molar-refractivity contribution in [3.05, 3.63) is 48.6 Å². The zero-order chi connectivity index (χ0) is 15.6. The van der Waals surface area contributed by atoms with E-state index in [1.807, 2.05) is 31.6 Å². The summed E-state index contributed by atoms with van der Waals surface area (Å²) in [5, 5.41) is 0. The third kappa shape index (κ3) is 5.60. The lowest BCUT2D eigenvalue weighted by Gasteiger charge is -2.33. The molecule has 0 bridgehead atoms. The van der Waals surface area contributed by atoms with Crippen molar-refractivity contribution in [3.8, 4) is 0 Å². The molecule has 0 amide bonds. The average molecular weight is 304 g/mol. The van der Waals surface area contributed by atoms with Gasteiger partial charge in [-0.05, 0) is 57.3 Å².